The molecule has 0 bridgehead atoms. The van der Waals surface area contributed by atoms with Crippen LogP contribution in [0.5, 0.6) is 5.75 Å². The zero-order valence-electron chi connectivity index (χ0n) is 31.5. The Labute approximate surface area is 314 Å². The fourth-order valence-electron chi connectivity index (χ4n) is 6.84. The summed E-state index contributed by atoms with van der Waals surface area (Å²) in [5, 5.41) is 7.93. The Bertz CT molecular complexity index is 2090. The minimum Gasteiger partial charge on any atom is -0.493 e. The molecule has 278 valence electrons. The standard InChI is InChI=1S/C41H46N4O7S/c1-23-17-25(21-42-39(49)52-40(3,4)5)18-24(2)33(23)44-36(46)29-19-30-32(51-15-11-26-12-16-53-35(26)30)20-28(29)27-9-10-31(43-34(27)38(48)50-8)37(47)45-14-13-41(6,7)22-45/h9-10,12,16-20H,11,13-15,21-22H2,1-8H3,(H,42,49)(H,44,46). The lowest BCUT2D eigenvalue weighted by atomic mass is 9.93. The van der Waals surface area contributed by atoms with Crippen molar-refractivity contribution in [1.29, 1.82) is 0 Å². The third-order valence-corrected chi connectivity index (χ3v) is 10.4. The van der Waals surface area contributed by atoms with Gasteiger partial charge in [-0.3, -0.25) is 9.59 Å². The molecule has 0 radical (unpaired) electrons. The van der Waals surface area contributed by atoms with Gasteiger partial charge in [0.05, 0.1) is 13.7 Å². The van der Waals surface area contributed by atoms with Crippen molar-refractivity contribution in [2.24, 2.45) is 5.41 Å². The molecule has 1 saturated heterocycles. The number of carbonyl (C=O) groups excluding carboxylic acids is 4. The van der Waals surface area contributed by atoms with E-state index >= 15 is 0 Å². The zero-order valence-corrected chi connectivity index (χ0v) is 32.3. The summed E-state index contributed by atoms with van der Waals surface area (Å²) in [6.07, 6.45) is 1.05. The maximum atomic E-state index is 14.5. The number of nitrogens with one attached hydrogen (secondary N) is 2. The zero-order chi connectivity index (χ0) is 38.2. The number of thiophene rings is 1. The van der Waals surface area contributed by atoms with Crippen LogP contribution in [0.4, 0.5) is 10.5 Å². The fourth-order valence-corrected chi connectivity index (χ4v) is 7.82. The quantitative estimate of drug-likeness (QED) is 0.182. The summed E-state index contributed by atoms with van der Waals surface area (Å²) in [7, 11) is 1.26. The summed E-state index contributed by atoms with van der Waals surface area (Å²) < 4.78 is 16.8. The molecule has 12 heteroatoms. The monoisotopic (exact) mass is 738 g/mol. The molecule has 2 aromatic heterocycles. The number of esters is 1. The first-order valence-electron chi connectivity index (χ1n) is 17.7. The molecule has 2 aliphatic rings. The highest BCUT2D eigenvalue weighted by Crippen LogP contribution is 2.43. The van der Waals surface area contributed by atoms with Gasteiger partial charge < -0.3 is 29.7 Å². The summed E-state index contributed by atoms with van der Waals surface area (Å²) in [6, 6.07) is 12.7. The number of pyridine rings is 1. The van der Waals surface area contributed by atoms with Crippen LogP contribution in [0.15, 0.2) is 47.8 Å². The van der Waals surface area contributed by atoms with Gasteiger partial charge in [-0.2, -0.15) is 0 Å². The summed E-state index contributed by atoms with van der Waals surface area (Å²) in [4.78, 5) is 61.0. The summed E-state index contributed by atoms with van der Waals surface area (Å²) in [6.45, 7) is 15.3. The molecule has 4 heterocycles. The van der Waals surface area contributed by atoms with E-state index in [0.717, 1.165) is 39.1 Å². The van der Waals surface area contributed by atoms with Gasteiger partial charge in [0.1, 0.15) is 17.0 Å². The molecule has 0 aliphatic carbocycles. The third kappa shape index (κ3) is 8.22. The second-order valence-corrected chi connectivity index (χ2v) is 16.3. The third-order valence-electron chi connectivity index (χ3n) is 9.40. The number of rotatable bonds is 7. The molecule has 3 amide bonds. The number of alkyl carbamates (subject to hydrolysis) is 1. The van der Waals surface area contributed by atoms with Gasteiger partial charge in [-0.1, -0.05) is 26.0 Å². The molecule has 4 aromatic rings. The summed E-state index contributed by atoms with van der Waals surface area (Å²) in [5.41, 5.74) is 5.39. The summed E-state index contributed by atoms with van der Waals surface area (Å²) in [5.74, 6) is -0.841. The van der Waals surface area contributed by atoms with Crippen LogP contribution in [0.2, 0.25) is 0 Å². The Morgan fingerprint density at radius 3 is 2.40 bits per heavy atom. The van der Waals surface area contributed by atoms with Crippen LogP contribution in [0.1, 0.15) is 94.6 Å². The van der Waals surface area contributed by atoms with Gasteiger partial charge in [0.15, 0.2) is 5.69 Å². The number of aromatic nitrogens is 1. The molecule has 2 aromatic carbocycles. The van der Waals surface area contributed by atoms with Crippen molar-refractivity contribution in [3.63, 3.8) is 0 Å². The minimum atomic E-state index is -0.735. The number of likely N-dealkylation sites (tertiary alicyclic amines) is 1. The van der Waals surface area contributed by atoms with Crippen molar-refractivity contribution in [2.45, 2.75) is 73.5 Å². The van der Waals surface area contributed by atoms with E-state index in [-0.39, 0.29) is 34.8 Å². The van der Waals surface area contributed by atoms with Crippen LogP contribution in [0.25, 0.3) is 21.6 Å². The maximum Gasteiger partial charge on any atom is 0.407 e. The SMILES string of the molecule is COC(=O)c1nc(C(=O)N2CCC(C)(C)C2)ccc1-c1cc2c(cc1C(=O)Nc1c(C)cc(CNC(=O)OC(C)(C)C)cc1C)-c1sccc1CCO2. The van der Waals surface area contributed by atoms with E-state index in [1.165, 1.54) is 7.11 Å². The highest BCUT2D eigenvalue weighted by atomic mass is 32.1. The Morgan fingerprint density at radius 1 is 1.00 bits per heavy atom. The number of benzene rings is 2. The van der Waals surface area contributed by atoms with Crippen LogP contribution in [-0.2, 0) is 22.4 Å². The smallest absolute Gasteiger partial charge is 0.407 e. The van der Waals surface area contributed by atoms with Crippen LogP contribution in [0.3, 0.4) is 0 Å². The molecule has 11 nitrogen and oxygen atoms in total. The average Bonchev–Trinajstić information content (AvgIpc) is 3.68. The fraction of sp³-hybridized carbons (Fsp3) is 0.390. The van der Waals surface area contributed by atoms with Crippen LogP contribution in [0, 0.1) is 19.3 Å². The lowest BCUT2D eigenvalue weighted by Gasteiger charge is -2.21. The number of hydrogen-bond donors (Lipinski definition) is 2. The van der Waals surface area contributed by atoms with E-state index in [2.05, 4.69) is 35.5 Å². The van der Waals surface area contributed by atoms with E-state index < -0.39 is 23.6 Å². The molecular weight excluding hydrogens is 693 g/mol. The molecule has 0 saturated carbocycles. The first kappa shape index (κ1) is 37.5. The Hall–Kier alpha value is -5.23. The van der Waals surface area contributed by atoms with Gasteiger partial charge in [0.25, 0.3) is 11.8 Å². The van der Waals surface area contributed by atoms with E-state index in [9.17, 15) is 19.2 Å². The molecule has 2 aliphatic heterocycles. The van der Waals surface area contributed by atoms with E-state index in [1.807, 2.05) is 31.4 Å². The summed E-state index contributed by atoms with van der Waals surface area (Å²) >= 11 is 1.57. The average molecular weight is 739 g/mol. The number of fused-ring (bicyclic) bond motifs is 3. The van der Waals surface area contributed by atoms with Gasteiger partial charge >= 0.3 is 12.1 Å². The molecule has 0 unspecified atom stereocenters. The normalized spacial score (nSPS) is 14.7. The second-order valence-electron chi connectivity index (χ2n) is 15.4. The molecule has 2 N–H and O–H groups in total. The van der Waals surface area contributed by atoms with Gasteiger partial charge in [0.2, 0.25) is 0 Å². The van der Waals surface area contributed by atoms with Crippen molar-refractivity contribution < 1.29 is 33.4 Å². The molecule has 0 spiro atoms. The number of hydrogen-bond acceptors (Lipinski definition) is 9. The Morgan fingerprint density at radius 2 is 1.74 bits per heavy atom. The minimum absolute atomic E-state index is 0.0126. The van der Waals surface area contributed by atoms with E-state index in [0.29, 0.717) is 48.7 Å². The second kappa shape index (κ2) is 14.7. The number of carbonyl (C=O) groups is 4. The molecule has 1 fully saturated rings. The molecule has 0 atom stereocenters. The van der Waals surface area contributed by atoms with Crippen molar-refractivity contribution in [2.75, 3.05) is 32.1 Å². The molecule has 6 rings (SSSR count). The number of nitrogens with zero attached hydrogens (tertiary/aromatic N) is 2. The van der Waals surface area contributed by atoms with Gasteiger partial charge in [-0.05, 0) is 104 Å². The highest BCUT2D eigenvalue weighted by Gasteiger charge is 2.34. The largest absolute Gasteiger partial charge is 0.493 e. The first-order chi connectivity index (χ1) is 25.0. The predicted octanol–water partition coefficient (Wildman–Crippen LogP) is 7.96. The lowest BCUT2D eigenvalue weighted by Crippen LogP contribution is -2.32. The number of methoxy groups -OCH3 is 1. The predicted molar refractivity (Wildman–Crippen MR) is 205 cm³/mol. The number of anilines is 1. The van der Waals surface area contributed by atoms with Crippen molar-refractivity contribution in [3.8, 4) is 27.3 Å². The molecule has 53 heavy (non-hydrogen) atoms. The van der Waals surface area contributed by atoms with E-state index in [4.69, 9.17) is 14.2 Å². The Balaban J connectivity index is 1.40. The molecular formula is C41H46N4O7S. The highest BCUT2D eigenvalue weighted by molar-refractivity contribution is 7.13. The topological polar surface area (TPSA) is 136 Å². The van der Waals surface area contributed by atoms with Gasteiger partial charge in [-0.25, -0.2) is 14.6 Å². The number of ether oxygens (including phenoxy) is 3. The Kier molecular flexibility index (Phi) is 10.4. The lowest BCUT2D eigenvalue weighted by molar-refractivity contribution is 0.0521. The van der Waals surface area contributed by atoms with E-state index in [1.54, 1.807) is 61.3 Å². The van der Waals surface area contributed by atoms with Crippen LogP contribution in [-0.4, -0.2) is 66.2 Å². The number of amides is 3. The number of aryl methyl sites for hydroxylation is 2. The van der Waals surface area contributed by atoms with Gasteiger partial charge in [-0.15, -0.1) is 11.3 Å². The maximum absolute atomic E-state index is 14.5. The van der Waals surface area contributed by atoms with Crippen molar-refractivity contribution in [3.05, 3.63) is 87.0 Å². The van der Waals surface area contributed by atoms with Crippen LogP contribution >= 0.6 is 11.3 Å². The van der Waals surface area contributed by atoms with Crippen molar-refractivity contribution >= 4 is 40.9 Å². The van der Waals surface area contributed by atoms with Gasteiger partial charge in [0, 0.05) is 58.9 Å². The van der Waals surface area contributed by atoms with Crippen molar-refractivity contribution in [1.82, 2.24) is 15.2 Å². The first-order valence-corrected chi connectivity index (χ1v) is 18.6. The van der Waals surface area contributed by atoms with Crippen LogP contribution < -0.4 is 15.4 Å².